The predicted molar refractivity (Wildman–Crippen MR) is 57.5 cm³/mol. The molecule has 0 saturated carbocycles. The second-order valence-corrected chi connectivity index (χ2v) is 3.36. The van der Waals surface area contributed by atoms with Crippen molar-refractivity contribution in [2.75, 3.05) is 13.2 Å². The molecular weight excluding hydrogens is 228 g/mol. The van der Waals surface area contributed by atoms with Crippen LogP contribution in [0.4, 0.5) is 0 Å². The molecule has 1 nitrogen and oxygen atoms in total. The molecule has 0 heterocycles. The van der Waals surface area contributed by atoms with Crippen molar-refractivity contribution in [2.24, 2.45) is 0 Å². The average Bonchev–Trinajstić information content (AvgIpc) is 2.15. The molecule has 0 amide bonds. The van der Waals surface area contributed by atoms with E-state index in [1.807, 2.05) is 31.2 Å². The normalized spacial score (nSPS) is 9.08. The highest BCUT2D eigenvalue weighted by atomic mass is 79.9. The predicted octanol–water partition coefficient (Wildman–Crippen LogP) is 2.84. The van der Waals surface area contributed by atoms with E-state index < -0.39 is 0 Å². The molecule has 0 saturated heterocycles. The minimum absolute atomic E-state index is 0.507. The first-order valence-electron chi connectivity index (χ1n) is 4.15. The first-order valence-corrected chi connectivity index (χ1v) is 4.94. The van der Waals surface area contributed by atoms with Crippen LogP contribution in [-0.4, -0.2) is 13.2 Å². The van der Waals surface area contributed by atoms with Crippen LogP contribution in [0.3, 0.4) is 0 Å². The van der Waals surface area contributed by atoms with Crippen LogP contribution >= 0.6 is 15.9 Å². The van der Waals surface area contributed by atoms with Crippen molar-refractivity contribution in [3.8, 4) is 11.8 Å². The van der Waals surface area contributed by atoms with Gasteiger partial charge in [0.1, 0.15) is 6.61 Å². The summed E-state index contributed by atoms with van der Waals surface area (Å²) in [6.07, 6.45) is 0. The van der Waals surface area contributed by atoms with E-state index >= 15 is 0 Å². The number of hydrogen-bond donors (Lipinski definition) is 0. The maximum Gasteiger partial charge on any atom is 0.108 e. The minimum Gasteiger partial charge on any atom is -0.369 e. The summed E-state index contributed by atoms with van der Waals surface area (Å²) in [7, 11) is 0. The maximum atomic E-state index is 5.10. The van der Waals surface area contributed by atoms with Gasteiger partial charge >= 0.3 is 0 Å². The van der Waals surface area contributed by atoms with E-state index in [0.29, 0.717) is 6.61 Å². The van der Waals surface area contributed by atoms with Crippen LogP contribution in [-0.2, 0) is 4.74 Å². The zero-order chi connectivity index (χ0) is 9.52. The van der Waals surface area contributed by atoms with Crippen LogP contribution in [0.5, 0.6) is 0 Å². The molecule has 0 atom stereocenters. The highest BCUT2D eigenvalue weighted by Crippen LogP contribution is 2.09. The fraction of sp³-hybridized carbons (Fsp3) is 0.273. The van der Waals surface area contributed by atoms with Gasteiger partial charge in [-0.15, -0.1) is 0 Å². The first-order chi connectivity index (χ1) is 6.33. The fourth-order valence-electron chi connectivity index (χ4n) is 0.824. The lowest BCUT2D eigenvalue weighted by Crippen LogP contribution is -1.88. The van der Waals surface area contributed by atoms with Gasteiger partial charge in [0.15, 0.2) is 0 Å². The van der Waals surface area contributed by atoms with Crippen molar-refractivity contribution in [1.82, 2.24) is 0 Å². The van der Waals surface area contributed by atoms with E-state index in [1.54, 1.807) is 0 Å². The molecule has 13 heavy (non-hydrogen) atoms. The molecule has 0 spiro atoms. The van der Waals surface area contributed by atoms with Crippen LogP contribution in [0.1, 0.15) is 12.5 Å². The molecule has 0 radical (unpaired) electrons. The molecule has 2 heteroatoms. The molecule has 0 aliphatic heterocycles. The molecule has 0 fully saturated rings. The summed E-state index contributed by atoms with van der Waals surface area (Å²) in [6.45, 7) is 3.18. The van der Waals surface area contributed by atoms with Crippen LogP contribution in [0, 0.1) is 11.8 Å². The van der Waals surface area contributed by atoms with Gasteiger partial charge < -0.3 is 4.74 Å². The van der Waals surface area contributed by atoms with Crippen molar-refractivity contribution < 1.29 is 4.74 Å². The summed E-state index contributed by atoms with van der Waals surface area (Å²) in [4.78, 5) is 0. The molecule has 0 unspecified atom stereocenters. The van der Waals surface area contributed by atoms with Crippen LogP contribution in [0.2, 0.25) is 0 Å². The van der Waals surface area contributed by atoms with Gasteiger partial charge in [0.2, 0.25) is 0 Å². The zero-order valence-electron chi connectivity index (χ0n) is 7.51. The Labute approximate surface area is 87.2 Å². The number of benzene rings is 1. The largest absolute Gasteiger partial charge is 0.369 e. The molecular formula is C11H11BrO. The van der Waals surface area contributed by atoms with Crippen LogP contribution in [0.25, 0.3) is 0 Å². The van der Waals surface area contributed by atoms with Gasteiger partial charge in [0, 0.05) is 16.6 Å². The number of rotatable bonds is 2. The smallest absolute Gasteiger partial charge is 0.108 e. The summed E-state index contributed by atoms with van der Waals surface area (Å²) in [6, 6.07) is 7.90. The molecule has 0 N–H and O–H groups in total. The Balaban J connectivity index is 2.52. The summed E-state index contributed by atoms with van der Waals surface area (Å²) in [5.41, 5.74) is 1.02. The van der Waals surface area contributed by atoms with Gasteiger partial charge in [-0.3, -0.25) is 0 Å². The Morgan fingerprint density at radius 1 is 1.31 bits per heavy atom. The van der Waals surface area contributed by atoms with Crippen molar-refractivity contribution in [2.45, 2.75) is 6.92 Å². The Hall–Kier alpha value is -0.780. The third kappa shape index (κ3) is 4.12. The molecule has 0 aliphatic rings. The van der Waals surface area contributed by atoms with E-state index in [9.17, 15) is 0 Å². The van der Waals surface area contributed by atoms with E-state index in [4.69, 9.17) is 4.74 Å². The maximum absolute atomic E-state index is 5.10. The van der Waals surface area contributed by atoms with Crippen molar-refractivity contribution >= 4 is 15.9 Å². The van der Waals surface area contributed by atoms with Crippen molar-refractivity contribution in [3.05, 3.63) is 34.3 Å². The van der Waals surface area contributed by atoms with E-state index in [1.165, 1.54) is 0 Å². The molecule has 1 rings (SSSR count). The van der Waals surface area contributed by atoms with Gasteiger partial charge in [-0.1, -0.05) is 27.8 Å². The molecule has 0 bridgehead atoms. The molecule has 1 aromatic carbocycles. The van der Waals surface area contributed by atoms with Crippen LogP contribution in [0.15, 0.2) is 28.7 Å². The lowest BCUT2D eigenvalue weighted by Gasteiger charge is -1.91. The number of hydrogen-bond acceptors (Lipinski definition) is 1. The minimum atomic E-state index is 0.507. The van der Waals surface area contributed by atoms with E-state index in [2.05, 4.69) is 27.8 Å². The second-order valence-electron chi connectivity index (χ2n) is 2.45. The van der Waals surface area contributed by atoms with Gasteiger partial charge in [-0.05, 0) is 31.2 Å². The third-order valence-electron chi connectivity index (χ3n) is 1.46. The van der Waals surface area contributed by atoms with Crippen LogP contribution < -0.4 is 0 Å². The molecule has 68 valence electrons. The van der Waals surface area contributed by atoms with Crippen molar-refractivity contribution in [3.63, 3.8) is 0 Å². The molecule has 1 aromatic rings. The van der Waals surface area contributed by atoms with Gasteiger partial charge in [-0.2, -0.15) is 0 Å². The lowest BCUT2D eigenvalue weighted by atomic mass is 10.2. The first kappa shape index (κ1) is 10.3. The Bertz CT molecular complexity index is 305. The van der Waals surface area contributed by atoms with Gasteiger partial charge in [0.25, 0.3) is 0 Å². The monoisotopic (exact) mass is 238 g/mol. The topological polar surface area (TPSA) is 9.23 Å². The Kier molecular flexibility index (Phi) is 4.59. The zero-order valence-corrected chi connectivity index (χ0v) is 9.10. The van der Waals surface area contributed by atoms with E-state index in [-0.39, 0.29) is 0 Å². The molecule has 0 aliphatic carbocycles. The molecule has 0 aromatic heterocycles. The Morgan fingerprint density at radius 3 is 2.62 bits per heavy atom. The number of ether oxygens (including phenoxy) is 1. The fourth-order valence-corrected chi connectivity index (χ4v) is 1.09. The Morgan fingerprint density at radius 2 is 2.00 bits per heavy atom. The van der Waals surface area contributed by atoms with Crippen molar-refractivity contribution in [1.29, 1.82) is 0 Å². The highest BCUT2D eigenvalue weighted by Gasteiger charge is 1.85. The van der Waals surface area contributed by atoms with Gasteiger partial charge in [-0.25, -0.2) is 0 Å². The summed E-state index contributed by atoms with van der Waals surface area (Å²) in [5, 5.41) is 0. The number of halogens is 1. The van der Waals surface area contributed by atoms with Gasteiger partial charge in [0.05, 0.1) is 0 Å². The standard InChI is InChI=1S/C11H11BrO/c1-2-13-9-3-4-10-5-7-11(12)8-6-10/h5-8H,2,9H2,1H3. The summed E-state index contributed by atoms with van der Waals surface area (Å²) < 4.78 is 6.17. The SMILES string of the molecule is CCOCC#Cc1ccc(Br)cc1. The third-order valence-corrected chi connectivity index (χ3v) is 1.98. The lowest BCUT2D eigenvalue weighted by molar-refractivity contribution is 0.182. The summed E-state index contributed by atoms with van der Waals surface area (Å²) in [5.74, 6) is 5.95. The average molecular weight is 239 g/mol. The summed E-state index contributed by atoms with van der Waals surface area (Å²) >= 11 is 3.37. The quantitative estimate of drug-likeness (QED) is 0.569. The highest BCUT2D eigenvalue weighted by molar-refractivity contribution is 9.10. The second kappa shape index (κ2) is 5.80. The van der Waals surface area contributed by atoms with E-state index in [0.717, 1.165) is 16.6 Å².